The number of amides is 1. The van der Waals surface area contributed by atoms with E-state index in [1.54, 1.807) is 36.4 Å². The zero-order valence-electron chi connectivity index (χ0n) is 13.2. The first-order valence-electron chi connectivity index (χ1n) is 7.14. The molecule has 0 spiro atoms. The summed E-state index contributed by atoms with van der Waals surface area (Å²) in [6.45, 7) is 0. The number of hydrogen-bond donors (Lipinski definition) is 3. The number of carbonyl (C=O) groups is 3. The summed E-state index contributed by atoms with van der Waals surface area (Å²) < 4.78 is 5.06. The normalized spacial score (nSPS) is 10.8. The summed E-state index contributed by atoms with van der Waals surface area (Å²) >= 11 is 0. The maximum atomic E-state index is 12.3. The first-order valence-corrected chi connectivity index (χ1v) is 7.14. The Bertz CT molecular complexity index is 856. The topological polar surface area (TPSA) is 113 Å². The molecule has 0 atom stereocenters. The van der Waals surface area contributed by atoms with E-state index < -0.39 is 17.5 Å². The largest absolute Gasteiger partial charge is 0.507 e. The van der Waals surface area contributed by atoms with Crippen molar-refractivity contribution >= 4 is 29.1 Å². The van der Waals surface area contributed by atoms with E-state index in [1.807, 2.05) is 0 Å². The zero-order chi connectivity index (χ0) is 18.4. The molecule has 0 saturated heterocycles. The van der Waals surface area contributed by atoms with Crippen molar-refractivity contribution in [1.82, 2.24) is 0 Å². The van der Waals surface area contributed by atoms with Crippen molar-refractivity contribution < 1.29 is 29.3 Å². The summed E-state index contributed by atoms with van der Waals surface area (Å²) in [5, 5.41) is 21.0. The Hall–Kier alpha value is -3.61. The fourth-order valence-electron chi connectivity index (χ4n) is 1.99. The fourth-order valence-corrected chi connectivity index (χ4v) is 1.99. The van der Waals surface area contributed by atoms with Crippen LogP contribution in [0.1, 0.15) is 15.9 Å². The van der Waals surface area contributed by atoms with Crippen LogP contribution in [0.5, 0.6) is 5.75 Å². The molecule has 25 heavy (non-hydrogen) atoms. The minimum Gasteiger partial charge on any atom is -0.507 e. The number of carbonyl (C=O) groups excluding carboxylic acids is 2. The summed E-state index contributed by atoms with van der Waals surface area (Å²) in [6, 6.07) is 12.6. The molecule has 128 valence electrons. The highest BCUT2D eigenvalue weighted by atomic mass is 16.5. The predicted octanol–water partition coefficient (Wildman–Crippen LogP) is 2.50. The van der Waals surface area contributed by atoms with E-state index in [4.69, 9.17) is 9.84 Å². The van der Waals surface area contributed by atoms with Gasteiger partial charge in [-0.15, -0.1) is 0 Å². The number of nitrogens with one attached hydrogen (secondary N) is 1. The van der Waals surface area contributed by atoms with E-state index in [9.17, 15) is 19.5 Å². The Morgan fingerprint density at radius 2 is 1.68 bits per heavy atom. The lowest BCUT2D eigenvalue weighted by molar-refractivity contribution is -0.146. The third kappa shape index (κ3) is 4.68. The van der Waals surface area contributed by atoms with Crippen LogP contribution in [-0.2, 0) is 9.59 Å². The van der Waals surface area contributed by atoms with Crippen LogP contribution in [0.15, 0.2) is 54.6 Å². The van der Waals surface area contributed by atoms with Gasteiger partial charge in [-0.3, -0.25) is 9.59 Å². The van der Waals surface area contributed by atoms with Gasteiger partial charge < -0.3 is 20.3 Å². The Kier molecular flexibility index (Phi) is 5.52. The quantitative estimate of drug-likeness (QED) is 0.423. The third-order valence-electron chi connectivity index (χ3n) is 3.23. The number of anilines is 1. The van der Waals surface area contributed by atoms with Crippen LogP contribution in [-0.4, -0.2) is 35.0 Å². The second-order valence-corrected chi connectivity index (χ2v) is 4.97. The van der Waals surface area contributed by atoms with Crippen molar-refractivity contribution in [3.05, 3.63) is 65.7 Å². The average molecular weight is 341 g/mol. The molecule has 1 amide bonds. The molecule has 0 aliphatic carbocycles. The molecule has 3 N–H and O–H groups in total. The van der Waals surface area contributed by atoms with E-state index in [2.05, 4.69) is 5.32 Å². The number of rotatable bonds is 6. The van der Waals surface area contributed by atoms with E-state index in [-0.39, 0.29) is 11.5 Å². The molecule has 0 saturated carbocycles. The lowest BCUT2D eigenvalue weighted by Crippen LogP contribution is -2.12. The van der Waals surface area contributed by atoms with E-state index in [0.29, 0.717) is 23.1 Å². The summed E-state index contributed by atoms with van der Waals surface area (Å²) in [4.78, 5) is 33.9. The number of methoxy groups -OCH3 is 1. The molecule has 0 aliphatic heterocycles. The van der Waals surface area contributed by atoms with Crippen molar-refractivity contribution in [3.8, 4) is 5.75 Å². The number of carboxylic acid groups (broad SMARTS) is 1. The van der Waals surface area contributed by atoms with E-state index >= 15 is 0 Å². The zero-order valence-corrected chi connectivity index (χ0v) is 13.2. The number of aliphatic hydroxyl groups is 1. The second-order valence-electron chi connectivity index (χ2n) is 4.97. The van der Waals surface area contributed by atoms with Gasteiger partial charge in [0.2, 0.25) is 0 Å². The van der Waals surface area contributed by atoms with Gasteiger partial charge in [-0.05, 0) is 30.3 Å². The number of aliphatic carboxylic acids is 1. The van der Waals surface area contributed by atoms with Gasteiger partial charge in [0.25, 0.3) is 11.7 Å². The smallest absolute Gasteiger partial charge is 0.376 e. The SMILES string of the molecule is COc1cccc(C(=O)Nc2cccc(C(O)=CC(=O)C(=O)O)c2)c1. The molecule has 0 aromatic heterocycles. The molecule has 2 aromatic rings. The number of carboxylic acids is 1. The van der Waals surface area contributed by atoms with E-state index in [1.165, 1.54) is 19.2 Å². The highest BCUT2D eigenvalue weighted by Gasteiger charge is 2.12. The second kappa shape index (κ2) is 7.78. The highest BCUT2D eigenvalue weighted by molar-refractivity contribution is 6.38. The minimum atomic E-state index is -1.67. The van der Waals surface area contributed by atoms with Crippen LogP contribution in [0.4, 0.5) is 5.69 Å². The van der Waals surface area contributed by atoms with E-state index in [0.717, 1.165) is 0 Å². The minimum absolute atomic E-state index is 0.193. The maximum absolute atomic E-state index is 12.3. The average Bonchev–Trinajstić information content (AvgIpc) is 2.61. The van der Waals surface area contributed by atoms with Crippen molar-refractivity contribution in [2.24, 2.45) is 0 Å². The molecule has 0 fully saturated rings. The van der Waals surface area contributed by atoms with Crippen LogP contribution in [0.2, 0.25) is 0 Å². The number of ketones is 1. The Morgan fingerprint density at radius 3 is 2.36 bits per heavy atom. The van der Waals surface area contributed by atoms with Gasteiger partial charge in [-0.1, -0.05) is 18.2 Å². The monoisotopic (exact) mass is 341 g/mol. The van der Waals surface area contributed by atoms with Crippen LogP contribution in [0, 0.1) is 0 Å². The van der Waals surface area contributed by atoms with Crippen molar-refractivity contribution in [1.29, 1.82) is 0 Å². The summed E-state index contributed by atoms with van der Waals surface area (Å²) in [5.41, 5.74) is 0.941. The maximum Gasteiger partial charge on any atom is 0.376 e. The lowest BCUT2D eigenvalue weighted by atomic mass is 10.1. The van der Waals surface area contributed by atoms with Crippen LogP contribution < -0.4 is 10.1 Å². The highest BCUT2D eigenvalue weighted by Crippen LogP contribution is 2.19. The molecule has 2 rings (SSSR count). The van der Waals surface area contributed by atoms with Gasteiger partial charge in [0, 0.05) is 22.9 Å². The third-order valence-corrected chi connectivity index (χ3v) is 3.23. The lowest BCUT2D eigenvalue weighted by Gasteiger charge is -2.08. The van der Waals surface area contributed by atoms with Gasteiger partial charge in [0.05, 0.1) is 7.11 Å². The van der Waals surface area contributed by atoms with Crippen LogP contribution in [0.25, 0.3) is 5.76 Å². The number of hydrogen-bond acceptors (Lipinski definition) is 5. The number of aliphatic hydroxyl groups excluding tert-OH is 1. The van der Waals surface area contributed by atoms with Gasteiger partial charge in [0.1, 0.15) is 11.5 Å². The van der Waals surface area contributed by atoms with Gasteiger partial charge in [0.15, 0.2) is 0 Å². The first-order chi connectivity index (χ1) is 11.9. The molecule has 0 radical (unpaired) electrons. The first kappa shape index (κ1) is 17.7. The van der Waals surface area contributed by atoms with Crippen LogP contribution in [0.3, 0.4) is 0 Å². The predicted molar refractivity (Wildman–Crippen MR) is 90.6 cm³/mol. The summed E-state index contributed by atoms with van der Waals surface area (Å²) in [7, 11) is 1.49. The summed E-state index contributed by atoms with van der Waals surface area (Å²) in [5.74, 6) is -3.28. The Labute approximate surface area is 143 Å². The molecule has 7 nitrogen and oxygen atoms in total. The Balaban J connectivity index is 2.20. The number of ether oxygens (including phenoxy) is 1. The standard InChI is InChI=1S/C18H15NO6/c1-25-14-7-3-5-12(9-14)17(22)19-13-6-2-4-11(8-13)15(20)10-16(21)18(23)24/h2-10,20H,1H3,(H,19,22)(H,23,24). The molecule has 0 aliphatic rings. The van der Waals surface area contributed by atoms with Gasteiger partial charge in [-0.25, -0.2) is 4.79 Å². The molecular weight excluding hydrogens is 326 g/mol. The fraction of sp³-hybridized carbons (Fsp3) is 0.0556. The summed E-state index contributed by atoms with van der Waals surface area (Å²) in [6.07, 6.45) is 0.603. The number of benzene rings is 2. The molecule has 0 heterocycles. The van der Waals surface area contributed by atoms with Gasteiger partial charge in [-0.2, -0.15) is 0 Å². The van der Waals surface area contributed by atoms with Gasteiger partial charge >= 0.3 is 5.97 Å². The molecule has 0 unspecified atom stereocenters. The Morgan fingerprint density at radius 1 is 1.00 bits per heavy atom. The molecular formula is C18H15NO6. The van der Waals surface area contributed by atoms with Crippen molar-refractivity contribution in [2.75, 3.05) is 12.4 Å². The molecule has 0 bridgehead atoms. The molecule has 2 aromatic carbocycles. The van der Waals surface area contributed by atoms with Crippen molar-refractivity contribution in [3.63, 3.8) is 0 Å². The van der Waals surface area contributed by atoms with Crippen molar-refractivity contribution in [2.45, 2.75) is 0 Å². The molecule has 7 heteroatoms. The van der Waals surface area contributed by atoms with Crippen LogP contribution >= 0.6 is 0 Å².